The van der Waals surface area contributed by atoms with Gasteiger partial charge in [0.15, 0.2) is 0 Å². The highest BCUT2D eigenvalue weighted by atomic mass is 32.2. The molecule has 0 aliphatic heterocycles. The number of aliphatic hydroxyl groups excluding tert-OH is 1. The molecule has 0 saturated carbocycles. The zero-order chi connectivity index (χ0) is 14.1. The fraction of sp³-hybridized carbons (Fsp3) is 0.500. The van der Waals surface area contributed by atoms with Crippen LogP contribution in [0.4, 0.5) is 4.79 Å². The van der Waals surface area contributed by atoms with E-state index in [1.54, 1.807) is 11.8 Å². The molecule has 4 nitrogen and oxygen atoms in total. The van der Waals surface area contributed by atoms with Crippen LogP contribution in [0.15, 0.2) is 29.2 Å². The van der Waals surface area contributed by atoms with Crippen LogP contribution in [0.5, 0.6) is 0 Å². The predicted molar refractivity (Wildman–Crippen MR) is 79.3 cm³/mol. The summed E-state index contributed by atoms with van der Waals surface area (Å²) in [6.07, 6.45) is 2.74. The molecule has 106 valence electrons. The average molecular weight is 282 g/mol. The molecular formula is C14H22N2O2S. The molecule has 1 rings (SSSR count). The molecule has 0 radical (unpaired) electrons. The fourth-order valence-corrected chi connectivity index (χ4v) is 1.99. The summed E-state index contributed by atoms with van der Waals surface area (Å²) >= 11 is 1.70. The molecule has 0 bridgehead atoms. The van der Waals surface area contributed by atoms with Crippen LogP contribution in [0.25, 0.3) is 0 Å². The lowest BCUT2D eigenvalue weighted by atomic mass is 10.1. The molecule has 1 unspecified atom stereocenters. The molecular weight excluding hydrogens is 260 g/mol. The van der Waals surface area contributed by atoms with E-state index >= 15 is 0 Å². The summed E-state index contributed by atoms with van der Waals surface area (Å²) < 4.78 is 0. The molecule has 0 fully saturated rings. The normalized spacial score (nSPS) is 11.9. The number of rotatable bonds is 7. The predicted octanol–water partition coefficient (Wildman–Crippen LogP) is 2.23. The van der Waals surface area contributed by atoms with Crippen molar-refractivity contribution >= 4 is 17.8 Å². The van der Waals surface area contributed by atoms with Gasteiger partial charge in [-0.25, -0.2) is 4.79 Å². The Bertz CT molecular complexity index is 382. The third kappa shape index (κ3) is 6.50. The van der Waals surface area contributed by atoms with Crippen LogP contribution in [-0.4, -0.2) is 30.5 Å². The zero-order valence-electron chi connectivity index (χ0n) is 11.5. The number of benzene rings is 1. The third-order valence-electron chi connectivity index (χ3n) is 2.85. The lowest BCUT2D eigenvalue weighted by Gasteiger charge is -2.12. The Morgan fingerprint density at radius 3 is 2.58 bits per heavy atom. The minimum Gasteiger partial charge on any atom is -0.396 e. The Hall–Kier alpha value is -1.20. The molecule has 1 atom stereocenters. The fourth-order valence-electron chi connectivity index (χ4n) is 1.58. The van der Waals surface area contributed by atoms with Crippen LogP contribution < -0.4 is 10.6 Å². The van der Waals surface area contributed by atoms with Crippen molar-refractivity contribution in [3.8, 4) is 0 Å². The lowest BCUT2D eigenvalue weighted by molar-refractivity contribution is 0.233. The maximum atomic E-state index is 11.6. The van der Waals surface area contributed by atoms with Crippen molar-refractivity contribution in [3.05, 3.63) is 29.8 Å². The largest absolute Gasteiger partial charge is 0.396 e. The van der Waals surface area contributed by atoms with Gasteiger partial charge < -0.3 is 15.7 Å². The summed E-state index contributed by atoms with van der Waals surface area (Å²) in [5.74, 6) is 0.289. The van der Waals surface area contributed by atoms with Gasteiger partial charge in [-0.2, -0.15) is 0 Å². The van der Waals surface area contributed by atoms with E-state index < -0.39 is 0 Å². The lowest BCUT2D eigenvalue weighted by Crippen LogP contribution is -2.37. The maximum absolute atomic E-state index is 11.6. The van der Waals surface area contributed by atoms with Crippen molar-refractivity contribution in [2.45, 2.75) is 24.8 Å². The Labute approximate surface area is 119 Å². The highest BCUT2D eigenvalue weighted by Crippen LogP contribution is 2.14. The molecule has 5 heteroatoms. The Morgan fingerprint density at radius 2 is 2.00 bits per heavy atom. The van der Waals surface area contributed by atoms with E-state index in [0.717, 1.165) is 5.56 Å². The first kappa shape index (κ1) is 15.9. The number of thioether (sulfide) groups is 1. The first-order chi connectivity index (χ1) is 9.15. The molecule has 0 aromatic heterocycles. The minimum absolute atomic E-state index is 0.159. The highest BCUT2D eigenvalue weighted by Gasteiger charge is 2.04. The molecule has 0 heterocycles. The van der Waals surface area contributed by atoms with E-state index in [9.17, 15) is 4.79 Å². The van der Waals surface area contributed by atoms with Crippen molar-refractivity contribution in [1.82, 2.24) is 10.6 Å². The Balaban J connectivity index is 2.25. The number of urea groups is 1. The van der Waals surface area contributed by atoms with Crippen LogP contribution in [0.2, 0.25) is 0 Å². The smallest absolute Gasteiger partial charge is 0.315 e. The van der Waals surface area contributed by atoms with E-state index in [0.29, 0.717) is 19.5 Å². The van der Waals surface area contributed by atoms with Gasteiger partial charge in [0.1, 0.15) is 0 Å². The van der Waals surface area contributed by atoms with Crippen LogP contribution in [-0.2, 0) is 6.54 Å². The maximum Gasteiger partial charge on any atom is 0.315 e. The first-order valence-electron chi connectivity index (χ1n) is 6.41. The van der Waals surface area contributed by atoms with Gasteiger partial charge in [0.25, 0.3) is 0 Å². The minimum atomic E-state index is -0.168. The van der Waals surface area contributed by atoms with Crippen molar-refractivity contribution in [1.29, 1.82) is 0 Å². The van der Waals surface area contributed by atoms with E-state index in [1.165, 1.54) is 4.90 Å². The highest BCUT2D eigenvalue weighted by molar-refractivity contribution is 7.98. The van der Waals surface area contributed by atoms with Gasteiger partial charge in [-0.3, -0.25) is 0 Å². The summed E-state index contributed by atoms with van der Waals surface area (Å²) in [6.45, 7) is 3.26. The standard InChI is InChI=1S/C14H22N2O2S/c1-11(7-8-17)9-15-14(18)16-10-12-3-5-13(19-2)6-4-12/h3-6,11,17H,7-10H2,1-2H3,(H2,15,16,18). The number of hydrogen-bond acceptors (Lipinski definition) is 3. The third-order valence-corrected chi connectivity index (χ3v) is 3.59. The number of amides is 2. The van der Waals surface area contributed by atoms with Gasteiger partial charge in [-0.15, -0.1) is 11.8 Å². The van der Waals surface area contributed by atoms with Gasteiger partial charge in [-0.05, 0) is 36.3 Å². The van der Waals surface area contributed by atoms with Crippen LogP contribution in [0, 0.1) is 5.92 Å². The number of hydrogen-bond donors (Lipinski definition) is 3. The van der Waals surface area contributed by atoms with E-state index in [4.69, 9.17) is 5.11 Å². The van der Waals surface area contributed by atoms with Gasteiger partial charge in [0, 0.05) is 24.6 Å². The van der Waals surface area contributed by atoms with Crippen LogP contribution in [0.3, 0.4) is 0 Å². The number of carbonyl (C=O) groups excluding carboxylic acids is 1. The molecule has 19 heavy (non-hydrogen) atoms. The molecule has 0 spiro atoms. The molecule has 1 aromatic rings. The summed E-state index contributed by atoms with van der Waals surface area (Å²) in [5, 5.41) is 14.4. The van der Waals surface area contributed by atoms with E-state index in [1.807, 2.05) is 37.4 Å². The molecule has 0 saturated heterocycles. The quantitative estimate of drug-likeness (QED) is 0.672. The Morgan fingerprint density at radius 1 is 1.32 bits per heavy atom. The first-order valence-corrected chi connectivity index (χ1v) is 7.63. The Kier molecular flexibility index (Phi) is 7.36. The van der Waals surface area contributed by atoms with Crippen molar-refractivity contribution < 1.29 is 9.90 Å². The number of carbonyl (C=O) groups is 1. The van der Waals surface area contributed by atoms with Crippen molar-refractivity contribution in [3.63, 3.8) is 0 Å². The summed E-state index contributed by atoms with van der Waals surface area (Å²) in [7, 11) is 0. The zero-order valence-corrected chi connectivity index (χ0v) is 12.3. The molecule has 3 N–H and O–H groups in total. The second-order valence-electron chi connectivity index (χ2n) is 4.53. The molecule has 0 aliphatic rings. The summed E-state index contributed by atoms with van der Waals surface area (Å²) in [6, 6.07) is 7.95. The van der Waals surface area contributed by atoms with Gasteiger partial charge in [0.05, 0.1) is 0 Å². The van der Waals surface area contributed by atoms with Gasteiger partial charge in [0.2, 0.25) is 0 Å². The summed E-state index contributed by atoms with van der Waals surface area (Å²) in [4.78, 5) is 12.8. The molecule has 1 aromatic carbocycles. The number of aliphatic hydroxyl groups is 1. The second kappa shape index (κ2) is 8.82. The van der Waals surface area contributed by atoms with E-state index in [2.05, 4.69) is 10.6 Å². The van der Waals surface area contributed by atoms with Crippen molar-refractivity contribution in [2.24, 2.45) is 5.92 Å². The van der Waals surface area contributed by atoms with Gasteiger partial charge >= 0.3 is 6.03 Å². The van der Waals surface area contributed by atoms with Gasteiger partial charge in [-0.1, -0.05) is 19.1 Å². The number of nitrogens with one attached hydrogen (secondary N) is 2. The monoisotopic (exact) mass is 282 g/mol. The SMILES string of the molecule is CSc1ccc(CNC(=O)NCC(C)CCO)cc1. The second-order valence-corrected chi connectivity index (χ2v) is 5.41. The van der Waals surface area contributed by atoms with Crippen LogP contribution >= 0.6 is 11.8 Å². The van der Waals surface area contributed by atoms with Crippen molar-refractivity contribution in [2.75, 3.05) is 19.4 Å². The molecule has 2 amide bonds. The van der Waals surface area contributed by atoms with Crippen LogP contribution in [0.1, 0.15) is 18.9 Å². The summed E-state index contributed by atoms with van der Waals surface area (Å²) in [5.41, 5.74) is 1.08. The molecule has 0 aliphatic carbocycles. The van der Waals surface area contributed by atoms with E-state index in [-0.39, 0.29) is 18.6 Å². The topological polar surface area (TPSA) is 61.4 Å². The average Bonchev–Trinajstić information content (AvgIpc) is 2.44.